The number of benzene rings is 1. The molecule has 4 heteroatoms. The number of ether oxygens (including phenoxy) is 2. The van der Waals surface area contributed by atoms with Gasteiger partial charge in [0.05, 0.1) is 13.7 Å². The first kappa shape index (κ1) is 11.9. The minimum atomic E-state index is -0.304. The van der Waals surface area contributed by atoms with Crippen molar-refractivity contribution >= 4 is 0 Å². The van der Waals surface area contributed by atoms with Gasteiger partial charge < -0.3 is 15.2 Å². The third-order valence-corrected chi connectivity index (χ3v) is 2.01. The van der Waals surface area contributed by atoms with Crippen LogP contribution in [-0.4, -0.2) is 20.3 Å². The molecule has 1 rings (SSSR count). The van der Waals surface area contributed by atoms with Gasteiger partial charge in [-0.1, -0.05) is 6.07 Å². The summed E-state index contributed by atoms with van der Waals surface area (Å²) in [5.41, 5.74) is 5.84. The third-order valence-electron chi connectivity index (χ3n) is 2.01. The number of nitrogens with two attached hydrogens (primary N) is 1. The molecule has 0 aromatic heterocycles. The van der Waals surface area contributed by atoms with Crippen molar-refractivity contribution in [2.45, 2.75) is 13.0 Å². The number of halogens is 1. The molecule has 0 unspecified atom stereocenters. The van der Waals surface area contributed by atoms with Crippen molar-refractivity contribution in [3.8, 4) is 5.75 Å². The SMILES string of the molecule is COc1ccc(COCCCN)c(F)c1. The number of rotatable bonds is 6. The van der Waals surface area contributed by atoms with Crippen LogP contribution in [0.1, 0.15) is 12.0 Å². The van der Waals surface area contributed by atoms with Crippen LogP contribution in [0.3, 0.4) is 0 Å². The number of hydrogen-bond acceptors (Lipinski definition) is 3. The normalized spacial score (nSPS) is 10.3. The minimum Gasteiger partial charge on any atom is -0.497 e. The predicted molar refractivity (Wildman–Crippen MR) is 56.3 cm³/mol. The van der Waals surface area contributed by atoms with Crippen LogP contribution in [0.4, 0.5) is 4.39 Å². The van der Waals surface area contributed by atoms with Crippen LogP contribution < -0.4 is 10.5 Å². The average Bonchev–Trinajstić information content (AvgIpc) is 2.26. The molecule has 0 spiro atoms. The Morgan fingerprint density at radius 3 is 2.80 bits per heavy atom. The Kier molecular flexibility index (Phi) is 5.07. The van der Waals surface area contributed by atoms with Gasteiger partial charge in [0.2, 0.25) is 0 Å². The molecule has 0 aliphatic carbocycles. The number of methoxy groups -OCH3 is 1. The highest BCUT2D eigenvalue weighted by molar-refractivity contribution is 5.28. The lowest BCUT2D eigenvalue weighted by atomic mass is 10.2. The quantitative estimate of drug-likeness (QED) is 0.731. The molecule has 84 valence electrons. The van der Waals surface area contributed by atoms with Gasteiger partial charge in [-0.05, 0) is 19.0 Å². The second-order valence-corrected chi connectivity index (χ2v) is 3.15. The van der Waals surface area contributed by atoms with Gasteiger partial charge in [0, 0.05) is 18.2 Å². The molecule has 0 bridgehead atoms. The second-order valence-electron chi connectivity index (χ2n) is 3.15. The van der Waals surface area contributed by atoms with Gasteiger partial charge in [0.25, 0.3) is 0 Å². The van der Waals surface area contributed by atoms with Gasteiger partial charge in [0.15, 0.2) is 0 Å². The molecular formula is C11H16FNO2. The van der Waals surface area contributed by atoms with E-state index in [1.165, 1.54) is 13.2 Å². The van der Waals surface area contributed by atoms with Crippen LogP contribution in [0.5, 0.6) is 5.75 Å². The van der Waals surface area contributed by atoms with Crippen molar-refractivity contribution in [1.29, 1.82) is 0 Å². The van der Waals surface area contributed by atoms with E-state index in [1.54, 1.807) is 12.1 Å². The average molecular weight is 213 g/mol. The summed E-state index contributed by atoms with van der Waals surface area (Å²) < 4.78 is 23.5. The van der Waals surface area contributed by atoms with Crippen molar-refractivity contribution in [2.24, 2.45) is 5.73 Å². The van der Waals surface area contributed by atoms with E-state index in [0.29, 0.717) is 24.5 Å². The Morgan fingerprint density at radius 1 is 1.40 bits per heavy atom. The van der Waals surface area contributed by atoms with Crippen LogP contribution >= 0.6 is 0 Å². The molecule has 15 heavy (non-hydrogen) atoms. The summed E-state index contributed by atoms with van der Waals surface area (Å²) in [5, 5.41) is 0. The first-order valence-electron chi connectivity index (χ1n) is 4.88. The van der Waals surface area contributed by atoms with E-state index in [-0.39, 0.29) is 12.4 Å². The zero-order valence-corrected chi connectivity index (χ0v) is 8.83. The van der Waals surface area contributed by atoms with Gasteiger partial charge in [-0.15, -0.1) is 0 Å². The lowest BCUT2D eigenvalue weighted by Gasteiger charge is -2.06. The first-order valence-corrected chi connectivity index (χ1v) is 4.88. The maximum atomic E-state index is 13.4. The monoisotopic (exact) mass is 213 g/mol. The maximum absolute atomic E-state index is 13.4. The van der Waals surface area contributed by atoms with Gasteiger partial charge in [-0.25, -0.2) is 4.39 Å². The topological polar surface area (TPSA) is 44.5 Å². The van der Waals surface area contributed by atoms with Gasteiger partial charge in [-0.2, -0.15) is 0 Å². The molecule has 0 atom stereocenters. The third kappa shape index (κ3) is 3.85. The molecule has 0 saturated heterocycles. The fourth-order valence-electron chi connectivity index (χ4n) is 1.14. The van der Waals surface area contributed by atoms with E-state index in [9.17, 15) is 4.39 Å². The Balaban J connectivity index is 2.47. The van der Waals surface area contributed by atoms with Crippen LogP contribution in [0.15, 0.2) is 18.2 Å². The molecule has 0 aliphatic heterocycles. The second kappa shape index (κ2) is 6.37. The van der Waals surface area contributed by atoms with E-state index in [2.05, 4.69) is 0 Å². The van der Waals surface area contributed by atoms with Crippen molar-refractivity contribution in [3.63, 3.8) is 0 Å². The summed E-state index contributed by atoms with van der Waals surface area (Å²) in [6.45, 7) is 1.42. The minimum absolute atomic E-state index is 0.274. The smallest absolute Gasteiger partial charge is 0.132 e. The highest BCUT2D eigenvalue weighted by atomic mass is 19.1. The molecule has 0 amide bonds. The first-order chi connectivity index (χ1) is 7.27. The molecule has 0 heterocycles. The van der Waals surface area contributed by atoms with Gasteiger partial charge >= 0.3 is 0 Å². The van der Waals surface area contributed by atoms with Gasteiger partial charge in [-0.3, -0.25) is 0 Å². The molecule has 0 aliphatic rings. The molecule has 3 nitrogen and oxygen atoms in total. The summed E-state index contributed by atoms with van der Waals surface area (Å²) in [7, 11) is 1.51. The number of hydrogen-bond donors (Lipinski definition) is 1. The van der Waals surface area contributed by atoms with Crippen LogP contribution in [0, 0.1) is 5.82 Å². The predicted octanol–water partition coefficient (Wildman–Crippen LogP) is 1.70. The van der Waals surface area contributed by atoms with E-state index in [0.717, 1.165) is 6.42 Å². The Labute approximate surface area is 89.0 Å². The van der Waals surface area contributed by atoms with Gasteiger partial charge in [0.1, 0.15) is 11.6 Å². The fourth-order valence-corrected chi connectivity index (χ4v) is 1.14. The Bertz CT molecular complexity index is 305. The molecule has 0 saturated carbocycles. The van der Waals surface area contributed by atoms with Crippen molar-refractivity contribution in [1.82, 2.24) is 0 Å². The molecule has 1 aromatic carbocycles. The van der Waals surface area contributed by atoms with Crippen LogP contribution in [-0.2, 0) is 11.3 Å². The van der Waals surface area contributed by atoms with Crippen molar-refractivity contribution in [3.05, 3.63) is 29.6 Å². The van der Waals surface area contributed by atoms with E-state index in [4.69, 9.17) is 15.2 Å². The Morgan fingerprint density at radius 2 is 2.20 bits per heavy atom. The maximum Gasteiger partial charge on any atom is 0.132 e. The lowest BCUT2D eigenvalue weighted by Crippen LogP contribution is -2.05. The summed E-state index contributed by atoms with van der Waals surface area (Å²) in [5.74, 6) is 0.209. The lowest BCUT2D eigenvalue weighted by molar-refractivity contribution is 0.117. The summed E-state index contributed by atoms with van der Waals surface area (Å²) in [4.78, 5) is 0. The molecule has 0 radical (unpaired) electrons. The molecule has 2 N–H and O–H groups in total. The molecular weight excluding hydrogens is 197 g/mol. The highest BCUT2D eigenvalue weighted by Crippen LogP contribution is 2.16. The van der Waals surface area contributed by atoms with E-state index in [1.807, 2.05) is 0 Å². The highest BCUT2D eigenvalue weighted by Gasteiger charge is 2.03. The van der Waals surface area contributed by atoms with E-state index < -0.39 is 0 Å². The zero-order chi connectivity index (χ0) is 11.1. The molecule has 0 fully saturated rings. The fraction of sp³-hybridized carbons (Fsp3) is 0.455. The van der Waals surface area contributed by atoms with E-state index >= 15 is 0 Å². The zero-order valence-electron chi connectivity index (χ0n) is 8.83. The van der Waals surface area contributed by atoms with Crippen molar-refractivity contribution in [2.75, 3.05) is 20.3 Å². The van der Waals surface area contributed by atoms with Crippen LogP contribution in [0.2, 0.25) is 0 Å². The molecule has 1 aromatic rings. The summed E-state index contributed by atoms with van der Waals surface area (Å²) >= 11 is 0. The standard InChI is InChI=1S/C11H16FNO2/c1-14-10-4-3-9(11(12)7-10)8-15-6-2-5-13/h3-4,7H,2,5-6,8,13H2,1H3. The largest absolute Gasteiger partial charge is 0.497 e. The van der Waals surface area contributed by atoms with Crippen LogP contribution in [0.25, 0.3) is 0 Å². The Hall–Kier alpha value is -1.13. The summed E-state index contributed by atoms with van der Waals surface area (Å²) in [6.07, 6.45) is 0.789. The van der Waals surface area contributed by atoms with Crippen molar-refractivity contribution < 1.29 is 13.9 Å². The summed E-state index contributed by atoms with van der Waals surface area (Å²) in [6, 6.07) is 4.73.